The molecule has 1 unspecified atom stereocenters. The van der Waals surface area contributed by atoms with Crippen LogP contribution in [0.5, 0.6) is 0 Å². The van der Waals surface area contributed by atoms with Gasteiger partial charge in [0.2, 0.25) is 0 Å². The van der Waals surface area contributed by atoms with Crippen molar-refractivity contribution in [2.45, 2.75) is 62.9 Å². The molecule has 94 valence electrons. The van der Waals surface area contributed by atoms with Crippen LogP contribution in [0.15, 0.2) is 0 Å². The Morgan fingerprint density at radius 2 is 1.81 bits per heavy atom. The highest BCUT2D eigenvalue weighted by Gasteiger charge is 2.30. The summed E-state index contributed by atoms with van der Waals surface area (Å²) in [4.78, 5) is 2.63. The second-order valence-corrected chi connectivity index (χ2v) is 5.70. The van der Waals surface area contributed by atoms with Gasteiger partial charge in [-0.1, -0.05) is 19.3 Å². The first-order valence-electron chi connectivity index (χ1n) is 6.87. The Morgan fingerprint density at radius 1 is 1.06 bits per heavy atom. The molecular weight excluding hydrogens is 200 g/mol. The normalized spacial score (nSPS) is 34.9. The lowest BCUT2D eigenvalue weighted by molar-refractivity contribution is 0.147. The third kappa shape index (κ3) is 2.96. The molecule has 1 atom stereocenters. The van der Waals surface area contributed by atoms with Gasteiger partial charge >= 0.3 is 0 Å². The Kier molecular flexibility index (Phi) is 4.22. The number of nitrogens with zero attached hydrogens (tertiary/aromatic N) is 1. The van der Waals surface area contributed by atoms with Gasteiger partial charge in [-0.05, 0) is 38.6 Å². The van der Waals surface area contributed by atoms with E-state index in [9.17, 15) is 5.11 Å². The highest BCUT2D eigenvalue weighted by molar-refractivity contribution is 4.89. The topological polar surface area (TPSA) is 49.5 Å². The molecule has 0 aromatic carbocycles. The Bertz CT molecular complexity index is 216. The number of likely N-dealkylation sites (tertiary alicyclic amines) is 1. The van der Waals surface area contributed by atoms with Crippen LogP contribution in [-0.4, -0.2) is 41.3 Å². The van der Waals surface area contributed by atoms with Gasteiger partial charge in [-0.3, -0.25) is 0 Å². The van der Waals surface area contributed by atoms with Gasteiger partial charge in [-0.2, -0.15) is 0 Å². The molecular formula is C13H26N2O. The molecule has 0 aromatic heterocycles. The molecule has 1 aliphatic heterocycles. The molecule has 3 N–H and O–H groups in total. The minimum atomic E-state index is -0.302. The number of aliphatic hydroxyl groups is 1. The molecule has 1 heterocycles. The van der Waals surface area contributed by atoms with Crippen LogP contribution in [0.25, 0.3) is 0 Å². The molecule has 2 aliphatic rings. The summed E-state index contributed by atoms with van der Waals surface area (Å²) < 4.78 is 0. The second-order valence-electron chi connectivity index (χ2n) is 5.70. The van der Waals surface area contributed by atoms with E-state index in [4.69, 9.17) is 5.73 Å². The molecule has 3 heteroatoms. The summed E-state index contributed by atoms with van der Waals surface area (Å²) in [5, 5.41) is 9.33. The molecule has 3 nitrogen and oxygen atoms in total. The summed E-state index contributed by atoms with van der Waals surface area (Å²) in [5.41, 5.74) is 5.87. The molecule has 1 saturated carbocycles. The van der Waals surface area contributed by atoms with Gasteiger partial charge in [-0.25, -0.2) is 0 Å². The third-order valence-corrected chi connectivity index (χ3v) is 4.42. The Labute approximate surface area is 99.0 Å². The van der Waals surface area contributed by atoms with Crippen LogP contribution in [0.1, 0.15) is 51.4 Å². The SMILES string of the molecule is NC1(CO)CCCN(C2CCCCC2)CC1. The largest absolute Gasteiger partial charge is 0.394 e. The van der Waals surface area contributed by atoms with Crippen LogP contribution in [0.4, 0.5) is 0 Å². The van der Waals surface area contributed by atoms with Crippen LogP contribution in [0.2, 0.25) is 0 Å². The van der Waals surface area contributed by atoms with Gasteiger partial charge in [0.1, 0.15) is 0 Å². The molecule has 0 bridgehead atoms. The molecule has 2 fully saturated rings. The molecule has 0 spiro atoms. The summed E-state index contributed by atoms with van der Waals surface area (Å²) in [6.45, 7) is 2.41. The van der Waals surface area contributed by atoms with E-state index in [1.165, 1.54) is 38.6 Å². The number of hydrogen-bond donors (Lipinski definition) is 2. The number of aliphatic hydroxyl groups excluding tert-OH is 1. The van der Waals surface area contributed by atoms with E-state index in [0.29, 0.717) is 0 Å². The molecule has 2 rings (SSSR count). The highest BCUT2D eigenvalue weighted by Crippen LogP contribution is 2.27. The van der Waals surface area contributed by atoms with Crippen LogP contribution in [0.3, 0.4) is 0 Å². The van der Waals surface area contributed by atoms with Crippen molar-refractivity contribution in [1.29, 1.82) is 0 Å². The first kappa shape index (κ1) is 12.3. The highest BCUT2D eigenvalue weighted by atomic mass is 16.3. The lowest BCUT2D eigenvalue weighted by atomic mass is 9.92. The average molecular weight is 226 g/mol. The minimum absolute atomic E-state index is 0.144. The quantitative estimate of drug-likeness (QED) is 0.750. The summed E-state index contributed by atoms with van der Waals surface area (Å²) in [6.07, 6.45) is 10.0. The van der Waals surface area contributed by atoms with Gasteiger partial charge in [0, 0.05) is 18.1 Å². The molecule has 0 amide bonds. The predicted octanol–water partition coefficient (Wildman–Crippen LogP) is 1.49. The zero-order valence-corrected chi connectivity index (χ0v) is 10.3. The fourth-order valence-corrected chi connectivity index (χ4v) is 3.21. The maximum atomic E-state index is 9.33. The van der Waals surface area contributed by atoms with Gasteiger partial charge in [0.25, 0.3) is 0 Å². The third-order valence-electron chi connectivity index (χ3n) is 4.42. The fraction of sp³-hybridized carbons (Fsp3) is 1.00. The van der Waals surface area contributed by atoms with Gasteiger partial charge < -0.3 is 15.7 Å². The molecule has 1 saturated heterocycles. The van der Waals surface area contributed by atoms with Crippen molar-refractivity contribution >= 4 is 0 Å². The number of nitrogens with two attached hydrogens (primary N) is 1. The zero-order chi connectivity index (χ0) is 11.4. The van der Waals surface area contributed by atoms with Crippen molar-refractivity contribution in [3.05, 3.63) is 0 Å². The van der Waals surface area contributed by atoms with E-state index in [-0.39, 0.29) is 12.1 Å². The lowest BCUT2D eigenvalue weighted by Crippen LogP contribution is -2.45. The van der Waals surface area contributed by atoms with Crippen molar-refractivity contribution in [2.24, 2.45) is 5.73 Å². The smallest absolute Gasteiger partial charge is 0.0611 e. The van der Waals surface area contributed by atoms with E-state index < -0.39 is 0 Å². The fourth-order valence-electron chi connectivity index (χ4n) is 3.21. The van der Waals surface area contributed by atoms with E-state index in [1.54, 1.807) is 0 Å². The monoisotopic (exact) mass is 226 g/mol. The summed E-state index contributed by atoms with van der Waals surface area (Å²) in [5.74, 6) is 0. The number of hydrogen-bond acceptors (Lipinski definition) is 3. The van der Waals surface area contributed by atoms with E-state index >= 15 is 0 Å². The first-order chi connectivity index (χ1) is 7.73. The van der Waals surface area contributed by atoms with Crippen molar-refractivity contribution in [2.75, 3.05) is 19.7 Å². The first-order valence-corrected chi connectivity index (χ1v) is 6.87. The van der Waals surface area contributed by atoms with Crippen molar-refractivity contribution in [3.63, 3.8) is 0 Å². The summed E-state index contributed by atoms with van der Waals surface area (Å²) >= 11 is 0. The second kappa shape index (κ2) is 5.48. The van der Waals surface area contributed by atoms with Crippen molar-refractivity contribution in [1.82, 2.24) is 4.90 Å². The zero-order valence-electron chi connectivity index (χ0n) is 10.3. The number of rotatable bonds is 2. The minimum Gasteiger partial charge on any atom is -0.394 e. The average Bonchev–Trinajstić information content (AvgIpc) is 2.53. The summed E-state index contributed by atoms with van der Waals surface area (Å²) in [6, 6.07) is 0.801. The van der Waals surface area contributed by atoms with Gasteiger partial charge in [-0.15, -0.1) is 0 Å². The maximum Gasteiger partial charge on any atom is 0.0611 e. The van der Waals surface area contributed by atoms with Gasteiger partial charge in [0.05, 0.1) is 6.61 Å². The van der Waals surface area contributed by atoms with Crippen LogP contribution in [-0.2, 0) is 0 Å². The van der Waals surface area contributed by atoms with Crippen molar-refractivity contribution < 1.29 is 5.11 Å². The van der Waals surface area contributed by atoms with E-state index in [2.05, 4.69) is 4.90 Å². The predicted molar refractivity (Wildman–Crippen MR) is 66.3 cm³/mol. The summed E-state index contributed by atoms with van der Waals surface area (Å²) in [7, 11) is 0. The van der Waals surface area contributed by atoms with E-state index in [0.717, 1.165) is 31.8 Å². The maximum absolute atomic E-state index is 9.33. The van der Waals surface area contributed by atoms with E-state index in [1.807, 2.05) is 0 Å². The molecule has 16 heavy (non-hydrogen) atoms. The molecule has 0 aromatic rings. The Morgan fingerprint density at radius 3 is 2.50 bits per heavy atom. The van der Waals surface area contributed by atoms with Crippen LogP contribution >= 0.6 is 0 Å². The lowest BCUT2D eigenvalue weighted by Gasteiger charge is -2.34. The standard InChI is InChI=1S/C13H26N2O/c14-13(11-16)7-4-9-15(10-8-13)12-5-2-1-3-6-12/h12,16H,1-11,14H2. The Balaban J connectivity index is 1.87. The Hall–Kier alpha value is -0.120. The van der Waals surface area contributed by atoms with Crippen LogP contribution < -0.4 is 5.73 Å². The molecule has 1 aliphatic carbocycles. The molecule has 0 radical (unpaired) electrons. The van der Waals surface area contributed by atoms with Crippen molar-refractivity contribution in [3.8, 4) is 0 Å². The van der Waals surface area contributed by atoms with Gasteiger partial charge in [0.15, 0.2) is 0 Å². The van der Waals surface area contributed by atoms with Crippen LogP contribution in [0, 0.1) is 0 Å².